The number of rotatable bonds is 3. The molecule has 2 rings (SSSR count). The molecule has 0 bridgehead atoms. The first-order chi connectivity index (χ1) is 7.66. The lowest BCUT2D eigenvalue weighted by atomic mass is 10.2. The molecule has 0 aliphatic carbocycles. The van der Waals surface area contributed by atoms with E-state index in [2.05, 4.69) is 21.2 Å². The third-order valence-corrected chi connectivity index (χ3v) is 2.96. The molecule has 1 N–H and O–H groups in total. The van der Waals surface area contributed by atoms with Gasteiger partial charge in [-0.2, -0.15) is 0 Å². The molecule has 16 heavy (non-hydrogen) atoms. The average Bonchev–Trinajstić information content (AvgIpc) is 2.66. The summed E-state index contributed by atoms with van der Waals surface area (Å²) in [4.78, 5) is 0. The molecule has 0 spiro atoms. The van der Waals surface area contributed by atoms with Gasteiger partial charge in [0.05, 0.1) is 23.0 Å². The Balaban J connectivity index is 2.10. The monoisotopic (exact) mass is 283 g/mol. The van der Waals surface area contributed by atoms with Crippen LogP contribution >= 0.6 is 15.9 Å². The van der Waals surface area contributed by atoms with Gasteiger partial charge in [-0.25, -0.2) is 4.39 Å². The summed E-state index contributed by atoms with van der Waals surface area (Å²) in [6, 6.07) is 6.77. The van der Waals surface area contributed by atoms with E-state index in [0.29, 0.717) is 12.2 Å². The van der Waals surface area contributed by atoms with E-state index in [9.17, 15) is 4.39 Å². The summed E-state index contributed by atoms with van der Waals surface area (Å²) in [5.41, 5.74) is 1.51. The second kappa shape index (κ2) is 4.70. The molecule has 0 atom stereocenters. The molecule has 2 nitrogen and oxygen atoms in total. The SMILES string of the molecule is Cc1ccc(F)c(NCc2occc2Br)c1. The largest absolute Gasteiger partial charge is 0.466 e. The zero-order valence-electron chi connectivity index (χ0n) is 8.76. The number of anilines is 1. The maximum Gasteiger partial charge on any atom is 0.146 e. The van der Waals surface area contributed by atoms with Crippen LogP contribution in [0.5, 0.6) is 0 Å². The Labute approximate surface area is 102 Å². The van der Waals surface area contributed by atoms with Crippen LogP contribution in [-0.2, 0) is 6.54 Å². The fraction of sp³-hybridized carbons (Fsp3) is 0.167. The van der Waals surface area contributed by atoms with Crippen molar-refractivity contribution in [3.05, 3.63) is 52.1 Å². The van der Waals surface area contributed by atoms with Gasteiger partial charge in [-0.3, -0.25) is 0 Å². The van der Waals surface area contributed by atoms with E-state index in [1.54, 1.807) is 18.4 Å². The highest BCUT2D eigenvalue weighted by molar-refractivity contribution is 9.10. The summed E-state index contributed by atoms with van der Waals surface area (Å²) < 4.78 is 19.5. The Kier molecular flexibility index (Phi) is 3.29. The average molecular weight is 284 g/mol. The smallest absolute Gasteiger partial charge is 0.146 e. The molecule has 0 aliphatic rings. The molecular weight excluding hydrogens is 273 g/mol. The van der Waals surface area contributed by atoms with Gasteiger partial charge in [0.25, 0.3) is 0 Å². The summed E-state index contributed by atoms with van der Waals surface area (Å²) >= 11 is 3.35. The van der Waals surface area contributed by atoms with Gasteiger partial charge >= 0.3 is 0 Å². The topological polar surface area (TPSA) is 25.2 Å². The normalized spacial score (nSPS) is 10.4. The third kappa shape index (κ3) is 2.44. The number of benzene rings is 1. The van der Waals surface area contributed by atoms with E-state index >= 15 is 0 Å². The van der Waals surface area contributed by atoms with Crippen molar-refractivity contribution in [2.75, 3.05) is 5.32 Å². The van der Waals surface area contributed by atoms with Gasteiger partial charge in [-0.1, -0.05) is 6.07 Å². The summed E-state index contributed by atoms with van der Waals surface area (Å²) in [7, 11) is 0. The summed E-state index contributed by atoms with van der Waals surface area (Å²) in [5, 5.41) is 3.00. The molecule has 0 saturated carbocycles. The molecule has 1 heterocycles. The minimum Gasteiger partial charge on any atom is -0.466 e. The highest BCUT2D eigenvalue weighted by Gasteiger charge is 2.05. The van der Waals surface area contributed by atoms with E-state index in [-0.39, 0.29) is 5.82 Å². The lowest BCUT2D eigenvalue weighted by Crippen LogP contribution is -2.01. The fourth-order valence-electron chi connectivity index (χ4n) is 1.40. The second-order valence-corrected chi connectivity index (χ2v) is 4.38. The van der Waals surface area contributed by atoms with Crippen molar-refractivity contribution < 1.29 is 8.81 Å². The predicted molar refractivity (Wildman–Crippen MR) is 64.9 cm³/mol. The molecule has 0 unspecified atom stereocenters. The Morgan fingerprint density at radius 1 is 1.38 bits per heavy atom. The van der Waals surface area contributed by atoms with Crippen molar-refractivity contribution in [3.8, 4) is 0 Å². The van der Waals surface area contributed by atoms with Crippen LogP contribution in [0.2, 0.25) is 0 Å². The molecule has 2 aromatic rings. The predicted octanol–water partition coefficient (Wildman–Crippen LogP) is 4.10. The van der Waals surface area contributed by atoms with E-state index in [1.165, 1.54) is 6.07 Å². The van der Waals surface area contributed by atoms with Crippen molar-refractivity contribution in [2.45, 2.75) is 13.5 Å². The Morgan fingerprint density at radius 3 is 2.88 bits per heavy atom. The molecule has 0 amide bonds. The summed E-state index contributed by atoms with van der Waals surface area (Å²) in [6.07, 6.45) is 1.59. The highest BCUT2D eigenvalue weighted by atomic mass is 79.9. The maximum absolute atomic E-state index is 13.4. The number of aryl methyl sites for hydroxylation is 1. The van der Waals surface area contributed by atoms with Gasteiger partial charge in [-0.15, -0.1) is 0 Å². The molecule has 0 fully saturated rings. The zero-order chi connectivity index (χ0) is 11.5. The van der Waals surface area contributed by atoms with Gasteiger partial charge in [0.2, 0.25) is 0 Å². The highest BCUT2D eigenvalue weighted by Crippen LogP contribution is 2.21. The molecule has 4 heteroatoms. The van der Waals surface area contributed by atoms with Gasteiger partial charge in [0.15, 0.2) is 0 Å². The Hall–Kier alpha value is -1.29. The standard InChI is InChI=1S/C12H11BrFNO/c1-8-2-3-10(14)11(6-8)15-7-12-9(13)4-5-16-12/h2-6,15H,7H2,1H3. The van der Waals surface area contributed by atoms with E-state index < -0.39 is 0 Å². The van der Waals surface area contributed by atoms with Crippen molar-refractivity contribution in [3.63, 3.8) is 0 Å². The van der Waals surface area contributed by atoms with Gasteiger partial charge in [0, 0.05) is 0 Å². The Bertz CT molecular complexity index is 496. The number of hydrogen-bond donors (Lipinski definition) is 1. The van der Waals surface area contributed by atoms with E-state index in [4.69, 9.17) is 4.42 Å². The first-order valence-electron chi connectivity index (χ1n) is 4.88. The molecule has 0 saturated heterocycles. The van der Waals surface area contributed by atoms with Gasteiger partial charge in [-0.05, 0) is 46.6 Å². The molecule has 1 aromatic carbocycles. The molecular formula is C12H11BrFNO. The molecule has 1 aromatic heterocycles. The first kappa shape index (κ1) is 11.2. The quantitative estimate of drug-likeness (QED) is 0.917. The zero-order valence-corrected chi connectivity index (χ0v) is 10.3. The minimum atomic E-state index is -0.256. The van der Waals surface area contributed by atoms with Gasteiger partial charge < -0.3 is 9.73 Å². The molecule has 0 radical (unpaired) electrons. The van der Waals surface area contributed by atoms with Gasteiger partial charge in [0.1, 0.15) is 11.6 Å². The number of nitrogens with one attached hydrogen (secondary N) is 1. The molecule has 84 valence electrons. The van der Waals surface area contributed by atoms with Crippen LogP contribution in [0, 0.1) is 12.7 Å². The lowest BCUT2D eigenvalue weighted by molar-refractivity contribution is 0.515. The van der Waals surface area contributed by atoms with Crippen LogP contribution in [0.25, 0.3) is 0 Å². The van der Waals surface area contributed by atoms with Crippen molar-refractivity contribution in [1.82, 2.24) is 0 Å². The lowest BCUT2D eigenvalue weighted by Gasteiger charge is -2.07. The van der Waals surface area contributed by atoms with Crippen molar-refractivity contribution in [2.24, 2.45) is 0 Å². The number of halogens is 2. The van der Waals surface area contributed by atoms with Crippen LogP contribution in [0.1, 0.15) is 11.3 Å². The van der Waals surface area contributed by atoms with E-state index in [1.807, 2.05) is 13.0 Å². The van der Waals surface area contributed by atoms with Crippen LogP contribution in [0.3, 0.4) is 0 Å². The number of hydrogen-bond acceptors (Lipinski definition) is 2. The second-order valence-electron chi connectivity index (χ2n) is 3.53. The van der Waals surface area contributed by atoms with Crippen LogP contribution in [0.4, 0.5) is 10.1 Å². The van der Waals surface area contributed by atoms with E-state index in [0.717, 1.165) is 15.8 Å². The van der Waals surface area contributed by atoms with Crippen LogP contribution in [0.15, 0.2) is 39.4 Å². The van der Waals surface area contributed by atoms with Crippen LogP contribution < -0.4 is 5.32 Å². The summed E-state index contributed by atoms with van der Waals surface area (Å²) in [5.74, 6) is 0.495. The Morgan fingerprint density at radius 2 is 2.19 bits per heavy atom. The minimum absolute atomic E-state index is 0.256. The number of furan rings is 1. The molecule has 0 aliphatic heterocycles. The fourth-order valence-corrected chi connectivity index (χ4v) is 1.74. The maximum atomic E-state index is 13.4. The van der Waals surface area contributed by atoms with Crippen molar-refractivity contribution >= 4 is 21.6 Å². The summed E-state index contributed by atoms with van der Waals surface area (Å²) in [6.45, 7) is 2.38. The third-order valence-electron chi connectivity index (χ3n) is 2.25. The van der Waals surface area contributed by atoms with Crippen molar-refractivity contribution in [1.29, 1.82) is 0 Å². The van der Waals surface area contributed by atoms with Crippen LogP contribution in [-0.4, -0.2) is 0 Å². The first-order valence-corrected chi connectivity index (χ1v) is 5.68.